The van der Waals surface area contributed by atoms with E-state index in [0.29, 0.717) is 18.0 Å². The summed E-state index contributed by atoms with van der Waals surface area (Å²) in [5.74, 6) is 0.0842. The lowest BCUT2D eigenvalue weighted by atomic mass is 10.1. The first-order valence-electron chi connectivity index (χ1n) is 5.29. The second-order valence-corrected chi connectivity index (χ2v) is 4.03. The van der Waals surface area contributed by atoms with E-state index in [1.807, 2.05) is 31.2 Å². The van der Waals surface area contributed by atoms with Crippen LogP contribution in [-0.2, 0) is 11.3 Å². The van der Waals surface area contributed by atoms with Crippen LogP contribution in [0.15, 0.2) is 24.3 Å². The third kappa shape index (κ3) is 3.98. The molecule has 0 fully saturated rings. The lowest BCUT2D eigenvalue weighted by molar-refractivity contribution is -0.121. The van der Waals surface area contributed by atoms with Crippen LogP contribution in [0.1, 0.15) is 30.9 Å². The predicted octanol–water partition coefficient (Wildman–Crippen LogP) is 1.74. The summed E-state index contributed by atoms with van der Waals surface area (Å²) < 4.78 is 0. The van der Waals surface area contributed by atoms with E-state index in [1.54, 1.807) is 0 Å². The summed E-state index contributed by atoms with van der Waals surface area (Å²) in [6, 6.07) is 7.56. The number of benzene rings is 1. The maximum Gasteiger partial charge on any atom is 0.220 e. The highest BCUT2D eigenvalue weighted by Crippen LogP contribution is 2.04. The molecule has 1 amide bonds. The summed E-state index contributed by atoms with van der Waals surface area (Å²) >= 11 is 4.85. The van der Waals surface area contributed by atoms with Crippen molar-refractivity contribution in [3.8, 4) is 0 Å². The maximum absolute atomic E-state index is 11.2. The molecule has 16 heavy (non-hydrogen) atoms. The number of amides is 1. The molecule has 0 aromatic heterocycles. The zero-order chi connectivity index (χ0) is 12.0. The molecule has 4 heteroatoms. The number of carbonyl (C=O) groups excluding carboxylic acids is 1. The summed E-state index contributed by atoms with van der Waals surface area (Å²) in [6.45, 7) is 2.53. The first kappa shape index (κ1) is 12.6. The average molecular weight is 236 g/mol. The minimum Gasteiger partial charge on any atom is -0.389 e. The Morgan fingerprint density at radius 2 is 2.00 bits per heavy atom. The topological polar surface area (TPSA) is 55.1 Å². The molecule has 0 saturated carbocycles. The van der Waals surface area contributed by atoms with Crippen LogP contribution in [0.25, 0.3) is 0 Å². The molecule has 0 atom stereocenters. The normalized spacial score (nSPS) is 9.81. The van der Waals surface area contributed by atoms with Crippen LogP contribution in [0.3, 0.4) is 0 Å². The molecule has 0 unspecified atom stereocenters. The van der Waals surface area contributed by atoms with Gasteiger partial charge in [0.1, 0.15) is 4.99 Å². The number of nitrogens with two attached hydrogens (primary N) is 1. The van der Waals surface area contributed by atoms with Gasteiger partial charge in [0.25, 0.3) is 0 Å². The number of hydrogen-bond donors (Lipinski definition) is 2. The van der Waals surface area contributed by atoms with Crippen LogP contribution in [0.2, 0.25) is 0 Å². The van der Waals surface area contributed by atoms with Gasteiger partial charge in [0.15, 0.2) is 0 Å². The minimum atomic E-state index is 0.0842. The highest BCUT2D eigenvalue weighted by atomic mass is 32.1. The highest BCUT2D eigenvalue weighted by Gasteiger charge is 2.00. The van der Waals surface area contributed by atoms with E-state index >= 15 is 0 Å². The molecule has 0 saturated heterocycles. The summed E-state index contributed by atoms with van der Waals surface area (Å²) in [7, 11) is 0. The molecule has 1 aromatic rings. The van der Waals surface area contributed by atoms with Gasteiger partial charge >= 0.3 is 0 Å². The Balaban J connectivity index is 2.49. The standard InChI is InChI=1S/C12H16N2OS/c1-2-3-11(15)14-8-9-4-6-10(7-5-9)12(13)16/h4-7H,2-3,8H2,1H3,(H2,13,16)(H,14,15). The van der Waals surface area contributed by atoms with Crippen molar-refractivity contribution in [2.45, 2.75) is 26.3 Å². The van der Waals surface area contributed by atoms with E-state index in [-0.39, 0.29) is 5.91 Å². The molecule has 0 aliphatic rings. The Bertz CT molecular complexity index is 373. The maximum atomic E-state index is 11.2. The first-order valence-corrected chi connectivity index (χ1v) is 5.69. The van der Waals surface area contributed by atoms with Crippen molar-refractivity contribution in [1.82, 2.24) is 5.32 Å². The molecule has 1 aromatic carbocycles. The van der Waals surface area contributed by atoms with Gasteiger partial charge in [0, 0.05) is 18.5 Å². The third-order valence-corrected chi connectivity index (χ3v) is 2.44. The molecule has 0 heterocycles. The van der Waals surface area contributed by atoms with Gasteiger partial charge in [-0.2, -0.15) is 0 Å². The number of hydrogen-bond acceptors (Lipinski definition) is 2. The summed E-state index contributed by atoms with van der Waals surface area (Å²) in [5, 5.41) is 2.85. The fraction of sp³-hybridized carbons (Fsp3) is 0.333. The molecule has 0 aliphatic heterocycles. The molecule has 0 aliphatic carbocycles. The summed E-state index contributed by atoms with van der Waals surface area (Å²) in [4.78, 5) is 11.6. The van der Waals surface area contributed by atoms with Crippen molar-refractivity contribution in [1.29, 1.82) is 0 Å². The van der Waals surface area contributed by atoms with E-state index in [9.17, 15) is 4.79 Å². The second-order valence-electron chi connectivity index (χ2n) is 3.59. The van der Waals surface area contributed by atoms with Crippen LogP contribution < -0.4 is 11.1 Å². The smallest absolute Gasteiger partial charge is 0.220 e. The molecule has 0 bridgehead atoms. The largest absolute Gasteiger partial charge is 0.389 e. The molecular formula is C12H16N2OS. The van der Waals surface area contributed by atoms with Crippen molar-refractivity contribution in [2.24, 2.45) is 5.73 Å². The predicted molar refractivity (Wildman–Crippen MR) is 69.1 cm³/mol. The van der Waals surface area contributed by atoms with E-state index in [0.717, 1.165) is 17.5 Å². The van der Waals surface area contributed by atoms with Crippen molar-refractivity contribution >= 4 is 23.1 Å². The summed E-state index contributed by atoms with van der Waals surface area (Å²) in [6.07, 6.45) is 1.44. The fourth-order valence-electron chi connectivity index (χ4n) is 1.30. The third-order valence-electron chi connectivity index (χ3n) is 2.21. The number of rotatable bonds is 5. The molecule has 86 valence electrons. The minimum absolute atomic E-state index is 0.0842. The zero-order valence-electron chi connectivity index (χ0n) is 9.32. The Hall–Kier alpha value is -1.42. The lowest BCUT2D eigenvalue weighted by Crippen LogP contribution is -2.22. The number of carbonyl (C=O) groups is 1. The molecule has 3 nitrogen and oxygen atoms in total. The summed E-state index contributed by atoms with van der Waals surface area (Å²) in [5.41, 5.74) is 7.38. The number of nitrogens with one attached hydrogen (secondary N) is 1. The van der Waals surface area contributed by atoms with Gasteiger partial charge in [0.05, 0.1) is 0 Å². The van der Waals surface area contributed by atoms with Gasteiger partial charge in [-0.25, -0.2) is 0 Å². The highest BCUT2D eigenvalue weighted by molar-refractivity contribution is 7.80. The van der Waals surface area contributed by atoms with Crippen LogP contribution >= 0.6 is 12.2 Å². The van der Waals surface area contributed by atoms with Gasteiger partial charge in [-0.15, -0.1) is 0 Å². The van der Waals surface area contributed by atoms with Crippen LogP contribution in [0, 0.1) is 0 Å². The van der Waals surface area contributed by atoms with Gasteiger partial charge < -0.3 is 11.1 Å². The van der Waals surface area contributed by atoms with Gasteiger partial charge in [0.2, 0.25) is 5.91 Å². The fourth-order valence-corrected chi connectivity index (χ4v) is 1.44. The Morgan fingerprint density at radius 1 is 1.38 bits per heavy atom. The first-order chi connectivity index (χ1) is 7.63. The van der Waals surface area contributed by atoms with E-state index in [2.05, 4.69) is 5.32 Å². The van der Waals surface area contributed by atoms with Crippen molar-refractivity contribution in [3.05, 3.63) is 35.4 Å². The van der Waals surface area contributed by atoms with E-state index in [1.165, 1.54) is 0 Å². The quantitative estimate of drug-likeness (QED) is 0.766. The van der Waals surface area contributed by atoms with Crippen LogP contribution in [-0.4, -0.2) is 10.9 Å². The van der Waals surface area contributed by atoms with Crippen LogP contribution in [0.4, 0.5) is 0 Å². The van der Waals surface area contributed by atoms with Crippen molar-refractivity contribution in [3.63, 3.8) is 0 Å². The van der Waals surface area contributed by atoms with Gasteiger partial charge in [-0.3, -0.25) is 4.79 Å². The SMILES string of the molecule is CCCC(=O)NCc1ccc(C(N)=S)cc1. The van der Waals surface area contributed by atoms with Crippen molar-refractivity contribution < 1.29 is 4.79 Å². The zero-order valence-corrected chi connectivity index (χ0v) is 10.1. The second kappa shape index (κ2) is 6.23. The number of thiocarbonyl (C=S) groups is 1. The van der Waals surface area contributed by atoms with E-state index < -0.39 is 0 Å². The van der Waals surface area contributed by atoms with Crippen molar-refractivity contribution in [2.75, 3.05) is 0 Å². The molecular weight excluding hydrogens is 220 g/mol. The van der Waals surface area contributed by atoms with E-state index in [4.69, 9.17) is 18.0 Å². The molecule has 1 rings (SSSR count). The molecule has 3 N–H and O–H groups in total. The Morgan fingerprint density at radius 3 is 2.50 bits per heavy atom. The lowest BCUT2D eigenvalue weighted by Gasteiger charge is -2.05. The Kier molecular flexibility index (Phi) is 4.92. The van der Waals surface area contributed by atoms with Gasteiger partial charge in [-0.1, -0.05) is 43.4 Å². The molecule has 0 radical (unpaired) electrons. The monoisotopic (exact) mass is 236 g/mol. The Labute approximate surface area is 101 Å². The average Bonchev–Trinajstić information content (AvgIpc) is 2.27. The molecule has 0 spiro atoms. The van der Waals surface area contributed by atoms with Gasteiger partial charge in [-0.05, 0) is 12.0 Å². The van der Waals surface area contributed by atoms with Crippen LogP contribution in [0.5, 0.6) is 0 Å².